The van der Waals surface area contributed by atoms with Crippen molar-refractivity contribution in [3.63, 3.8) is 0 Å². The molecule has 8 heteroatoms. The number of nitrogens with zero attached hydrogens (tertiary/aromatic N) is 3. The first-order valence-electron chi connectivity index (χ1n) is 8.80. The number of ether oxygens (including phenoxy) is 2. The zero-order valence-corrected chi connectivity index (χ0v) is 15.8. The van der Waals surface area contributed by atoms with Gasteiger partial charge in [-0.2, -0.15) is 9.61 Å². The minimum atomic E-state index is 0.0172. The number of piperidine rings is 1. The molecule has 0 bridgehead atoms. The highest BCUT2D eigenvalue weighted by atomic mass is 32.1. The Labute approximate surface area is 155 Å². The van der Waals surface area contributed by atoms with E-state index in [1.54, 1.807) is 14.2 Å². The van der Waals surface area contributed by atoms with Gasteiger partial charge in [-0.25, -0.2) is 4.98 Å². The van der Waals surface area contributed by atoms with Crippen molar-refractivity contribution in [2.45, 2.75) is 25.3 Å². The number of likely N-dealkylation sites (tertiary alicyclic amines) is 1. The van der Waals surface area contributed by atoms with Crippen LogP contribution in [0.3, 0.4) is 0 Å². The van der Waals surface area contributed by atoms with Gasteiger partial charge in [0.15, 0.2) is 17.5 Å². The van der Waals surface area contributed by atoms with Crippen LogP contribution in [0.1, 0.15) is 35.7 Å². The number of nitrogens with one attached hydrogen (secondary N) is 1. The van der Waals surface area contributed by atoms with Crippen molar-refractivity contribution in [1.82, 2.24) is 14.6 Å². The van der Waals surface area contributed by atoms with E-state index in [4.69, 9.17) is 9.47 Å². The molecule has 0 radical (unpaired) electrons. The molecular weight excluding hydrogens is 352 g/mol. The van der Waals surface area contributed by atoms with Gasteiger partial charge in [0.05, 0.1) is 27.3 Å². The fourth-order valence-electron chi connectivity index (χ4n) is 3.78. The van der Waals surface area contributed by atoms with Crippen LogP contribution in [0.2, 0.25) is 0 Å². The molecule has 0 aliphatic carbocycles. The van der Waals surface area contributed by atoms with Gasteiger partial charge < -0.3 is 19.5 Å². The highest BCUT2D eigenvalue weighted by Crippen LogP contribution is 2.37. The van der Waals surface area contributed by atoms with Crippen LogP contribution in [-0.4, -0.2) is 47.0 Å². The molecule has 1 aliphatic rings. The van der Waals surface area contributed by atoms with E-state index in [9.17, 15) is 5.11 Å². The van der Waals surface area contributed by atoms with E-state index in [1.165, 1.54) is 46.3 Å². The van der Waals surface area contributed by atoms with Gasteiger partial charge in [0, 0.05) is 5.56 Å². The number of thiazole rings is 1. The number of methoxy groups -OCH3 is 2. The van der Waals surface area contributed by atoms with Gasteiger partial charge in [-0.15, -0.1) is 0 Å². The average molecular weight is 375 g/mol. The number of quaternary nitrogens is 1. The van der Waals surface area contributed by atoms with Gasteiger partial charge in [0.25, 0.3) is 0 Å². The number of rotatable bonds is 5. The Balaban J connectivity index is 1.83. The molecule has 1 saturated heterocycles. The third-order valence-corrected chi connectivity index (χ3v) is 6.14. The molecule has 2 aromatic heterocycles. The van der Waals surface area contributed by atoms with Gasteiger partial charge in [-0.1, -0.05) is 11.3 Å². The normalized spacial score (nSPS) is 16.7. The maximum Gasteiger partial charge on any atom is 0.235 e. The van der Waals surface area contributed by atoms with E-state index in [-0.39, 0.29) is 11.9 Å². The zero-order valence-electron chi connectivity index (χ0n) is 14.9. The molecule has 1 aromatic carbocycles. The number of hydrogen-bond donors (Lipinski definition) is 2. The first kappa shape index (κ1) is 17.1. The van der Waals surface area contributed by atoms with Crippen LogP contribution in [0.25, 0.3) is 4.96 Å². The zero-order chi connectivity index (χ0) is 18.1. The predicted octanol–water partition coefficient (Wildman–Crippen LogP) is 1.67. The largest absolute Gasteiger partial charge is 0.493 e. The second kappa shape index (κ2) is 7.13. The number of fused-ring (bicyclic) bond motifs is 1. The van der Waals surface area contributed by atoms with E-state index in [1.807, 2.05) is 12.1 Å². The molecular formula is C18H23N4O3S+. The SMILES string of the molecule is COc1ccc([C@H](c2sc3ncnn3c2O)[NH+]2CCCCC2)cc1OC. The summed E-state index contributed by atoms with van der Waals surface area (Å²) in [6, 6.07) is 6.02. The van der Waals surface area contributed by atoms with Crippen molar-refractivity contribution in [3.8, 4) is 17.4 Å². The molecule has 26 heavy (non-hydrogen) atoms. The quantitative estimate of drug-likeness (QED) is 0.710. The van der Waals surface area contributed by atoms with Crippen LogP contribution in [0.15, 0.2) is 24.5 Å². The van der Waals surface area contributed by atoms with E-state index in [2.05, 4.69) is 16.1 Å². The molecule has 0 unspecified atom stereocenters. The van der Waals surface area contributed by atoms with Crippen LogP contribution in [0, 0.1) is 0 Å². The Morgan fingerprint density at radius 3 is 2.62 bits per heavy atom. The van der Waals surface area contributed by atoms with E-state index < -0.39 is 0 Å². The highest BCUT2D eigenvalue weighted by Gasteiger charge is 2.34. The molecule has 0 saturated carbocycles. The Hall–Kier alpha value is -2.32. The lowest BCUT2D eigenvalue weighted by molar-refractivity contribution is -0.929. The average Bonchev–Trinajstić information content (AvgIpc) is 3.26. The summed E-state index contributed by atoms with van der Waals surface area (Å²) in [4.78, 5) is 7.29. The molecule has 1 aliphatic heterocycles. The molecule has 2 N–H and O–H groups in total. The predicted molar refractivity (Wildman–Crippen MR) is 98.5 cm³/mol. The highest BCUT2D eigenvalue weighted by molar-refractivity contribution is 7.17. The smallest absolute Gasteiger partial charge is 0.235 e. The molecule has 4 rings (SSSR count). The summed E-state index contributed by atoms with van der Waals surface area (Å²) in [7, 11) is 3.28. The number of aromatic nitrogens is 3. The monoisotopic (exact) mass is 375 g/mol. The van der Waals surface area contributed by atoms with E-state index >= 15 is 0 Å². The van der Waals surface area contributed by atoms with Crippen molar-refractivity contribution >= 4 is 16.3 Å². The first-order chi connectivity index (χ1) is 12.7. The molecule has 1 atom stereocenters. The lowest BCUT2D eigenvalue weighted by Gasteiger charge is -2.31. The van der Waals surface area contributed by atoms with Crippen LogP contribution < -0.4 is 14.4 Å². The number of benzene rings is 1. The van der Waals surface area contributed by atoms with Crippen molar-refractivity contribution < 1.29 is 19.5 Å². The molecule has 1 fully saturated rings. The third kappa shape index (κ3) is 2.89. The van der Waals surface area contributed by atoms with Crippen LogP contribution in [0.5, 0.6) is 17.4 Å². The second-order valence-electron chi connectivity index (χ2n) is 6.51. The van der Waals surface area contributed by atoms with E-state index in [0.29, 0.717) is 16.5 Å². The fraction of sp³-hybridized carbons (Fsp3) is 0.444. The summed E-state index contributed by atoms with van der Waals surface area (Å²) in [5.74, 6) is 1.58. The Morgan fingerprint density at radius 1 is 1.15 bits per heavy atom. The fourth-order valence-corrected chi connectivity index (χ4v) is 4.90. The lowest BCUT2D eigenvalue weighted by Crippen LogP contribution is -3.13. The minimum Gasteiger partial charge on any atom is -0.493 e. The summed E-state index contributed by atoms with van der Waals surface area (Å²) >= 11 is 1.50. The summed E-state index contributed by atoms with van der Waals surface area (Å²) in [6.07, 6.45) is 5.12. The van der Waals surface area contributed by atoms with Crippen LogP contribution in [0.4, 0.5) is 0 Å². The van der Waals surface area contributed by atoms with Gasteiger partial charge >= 0.3 is 0 Å². The summed E-state index contributed by atoms with van der Waals surface area (Å²) in [6.45, 7) is 2.15. The van der Waals surface area contributed by atoms with Crippen molar-refractivity contribution in [1.29, 1.82) is 0 Å². The molecule has 3 heterocycles. The molecule has 0 spiro atoms. The van der Waals surface area contributed by atoms with Crippen molar-refractivity contribution in [2.24, 2.45) is 0 Å². The molecule has 0 amide bonds. The maximum absolute atomic E-state index is 10.8. The van der Waals surface area contributed by atoms with Gasteiger partial charge in [-0.3, -0.25) is 0 Å². The number of hydrogen-bond acceptors (Lipinski definition) is 6. The Morgan fingerprint density at radius 2 is 1.92 bits per heavy atom. The van der Waals surface area contributed by atoms with Gasteiger partial charge in [-0.05, 0) is 37.5 Å². The van der Waals surface area contributed by atoms with Crippen LogP contribution >= 0.6 is 11.3 Å². The summed E-state index contributed by atoms with van der Waals surface area (Å²) in [5, 5.41) is 14.9. The topological polar surface area (TPSA) is 73.3 Å². The standard InChI is InChI=1S/C18H22N4O3S/c1-24-13-7-6-12(10-14(13)25-2)15(21-8-4-3-5-9-21)16-17(23)22-18(26-16)19-11-20-22/h6-7,10-11,15,23H,3-5,8-9H2,1-2H3/p+1/t15-/m1/s1. The molecule has 7 nitrogen and oxygen atoms in total. The summed E-state index contributed by atoms with van der Waals surface area (Å²) < 4.78 is 12.4. The van der Waals surface area contributed by atoms with Crippen LogP contribution in [-0.2, 0) is 0 Å². The molecule has 3 aromatic rings. The van der Waals surface area contributed by atoms with Gasteiger partial charge in [0.1, 0.15) is 11.2 Å². The Kier molecular flexibility index (Phi) is 4.69. The first-order valence-corrected chi connectivity index (χ1v) is 9.62. The lowest BCUT2D eigenvalue weighted by atomic mass is 10.00. The summed E-state index contributed by atoms with van der Waals surface area (Å²) in [5.41, 5.74) is 1.10. The Bertz CT molecular complexity index is 901. The third-order valence-electron chi connectivity index (χ3n) is 5.05. The minimum absolute atomic E-state index is 0.0172. The maximum atomic E-state index is 10.8. The van der Waals surface area contributed by atoms with Crippen molar-refractivity contribution in [2.75, 3.05) is 27.3 Å². The molecule has 138 valence electrons. The van der Waals surface area contributed by atoms with E-state index in [0.717, 1.165) is 23.5 Å². The van der Waals surface area contributed by atoms with Gasteiger partial charge in [0.2, 0.25) is 10.8 Å². The second-order valence-corrected chi connectivity index (χ2v) is 7.52. The number of aromatic hydroxyl groups is 1. The van der Waals surface area contributed by atoms with Crippen molar-refractivity contribution in [3.05, 3.63) is 35.0 Å².